The minimum Gasteiger partial charge on any atom is -0.493 e. The quantitative estimate of drug-likeness (QED) is 0.765. The molecule has 104 valence electrons. The Morgan fingerprint density at radius 3 is 2.53 bits per heavy atom. The van der Waals surface area contributed by atoms with Gasteiger partial charge in [-0.15, -0.1) is 11.8 Å². The van der Waals surface area contributed by atoms with Crippen molar-refractivity contribution in [1.82, 2.24) is 5.32 Å². The lowest BCUT2D eigenvalue weighted by molar-refractivity contribution is 0.354. The molecule has 0 aliphatic rings. The minimum atomic E-state index is 0.371. The van der Waals surface area contributed by atoms with Crippen LogP contribution in [0, 0.1) is 11.8 Å². The van der Waals surface area contributed by atoms with Crippen molar-refractivity contribution < 1.29 is 9.47 Å². The van der Waals surface area contributed by atoms with E-state index in [0.717, 1.165) is 30.9 Å². The van der Waals surface area contributed by atoms with Gasteiger partial charge >= 0.3 is 0 Å². The topological polar surface area (TPSA) is 30.5 Å². The highest BCUT2D eigenvalue weighted by Crippen LogP contribution is 2.28. The summed E-state index contributed by atoms with van der Waals surface area (Å²) in [7, 11) is 3.31. The van der Waals surface area contributed by atoms with Crippen molar-refractivity contribution in [1.29, 1.82) is 0 Å². The van der Waals surface area contributed by atoms with Gasteiger partial charge in [0, 0.05) is 12.5 Å². The lowest BCUT2D eigenvalue weighted by Gasteiger charge is -2.16. The molecule has 0 bridgehead atoms. The maximum Gasteiger partial charge on any atom is 0.160 e. The molecule has 0 aromatic heterocycles. The van der Waals surface area contributed by atoms with Crippen LogP contribution < -0.4 is 14.8 Å². The van der Waals surface area contributed by atoms with Gasteiger partial charge in [0.15, 0.2) is 11.5 Å². The molecule has 1 N–H and O–H groups in total. The molecule has 0 saturated carbocycles. The third-order valence-corrected chi connectivity index (χ3v) is 2.95. The monoisotopic (exact) mass is 261 g/mol. The Morgan fingerprint density at radius 1 is 1.21 bits per heavy atom. The van der Waals surface area contributed by atoms with Crippen molar-refractivity contribution in [3.8, 4) is 23.3 Å². The summed E-state index contributed by atoms with van der Waals surface area (Å²) in [6, 6.07) is 6.42. The van der Waals surface area contributed by atoms with Crippen molar-refractivity contribution in [2.24, 2.45) is 0 Å². The molecule has 1 atom stereocenters. The van der Waals surface area contributed by atoms with E-state index in [-0.39, 0.29) is 0 Å². The van der Waals surface area contributed by atoms with Gasteiger partial charge in [-0.2, -0.15) is 0 Å². The van der Waals surface area contributed by atoms with Crippen molar-refractivity contribution >= 4 is 0 Å². The Hall–Kier alpha value is -1.66. The second-order valence-electron chi connectivity index (χ2n) is 4.28. The molecule has 0 amide bonds. The summed E-state index contributed by atoms with van der Waals surface area (Å²) < 4.78 is 10.6. The zero-order chi connectivity index (χ0) is 14.1. The Bertz CT molecular complexity index is 446. The molecular formula is C16H23NO2. The normalized spacial score (nSPS) is 11.4. The molecule has 19 heavy (non-hydrogen) atoms. The van der Waals surface area contributed by atoms with E-state index in [1.54, 1.807) is 14.2 Å². The van der Waals surface area contributed by atoms with Gasteiger partial charge in [-0.05, 0) is 37.6 Å². The van der Waals surface area contributed by atoms with Crippen molar-refractivity contribution in [2.75, 3.05) is 20.8 Å². The molecule has 1 aromatic rings. The van der Waals surface area contributed by atoms with E-state index in [1.165, 1.54) is 5.56 Å². The molecule has 0 radical (unpaired) electrons. The molecule has 0 saturated heterocycles. The van der Waals surface area contributed by atoms with Gasteiger partial charge in [0.1, 0.15) is 0 Å². The first kappa shape index (κ1) is 15.4. The zero-order valence-corrected chi connectivity index (χ0v) is 12.2. The number of likely N-dealkylation sites (N-methyl/N-ethyl adjacent to an activating group) is 1. The van der Waals surface area contributed by atoms with Crippen LogP contribution in [0.2, 0.25) is 0 Å². The average molecular weight is 261 g/mol. The fraction of sp³-hybridized carbons (Fsp3) is 0.500. The van der Waals surface area contributed by atoms with Crippen LogP contribution in [0.4, 0.5) is 0 Å². The van der Waals surface area contributed by atoms with Crippen LogP contribution in [0.3, 0.4) is 0 Å². The first-order valence-corrected chi connectivity index (χ1v) is 6.59. The van der Waals surface area contributed by atoms with E-state index in [0.29, 0.717) is 6.04 Å². The van der Waals surface area contributed by atoms with Gasteiger partial charge in [-0.3, -0.25) is 0 Å². The number of hydrogen-bond acceptors (Lipinski definition) is 3. The zero-order valence-electron chi connectivity index (χ0n) is 12.2. The molecule has 3 heteroatoms. The first-order chi connectivity index (χ1) is 9.24. The van der Waals surface area contributed by atoms with Gasteiger partial charge < -0.3 is 14.8 Å². The SMILES string of the molecule is CC#CCC(Cc1ccc(OC)c(OC)c1)NCC. The Labute approximate surface area is 116 Å². The maximum atomic E-state index is 5.33. The third-order valence-electron chi connectivity index (χ3n) is 2.95. The lowest BCUT2D eigenvalue weighted by Crippen LogP contribution is -2.30. The first-order valence-electron chi connectivity index (χ1n) is 6.59. The number of nitrogens with one attached hydrogen (secondary N) is 1. The maximum absolute atomic E-state index is 5.33. The van der Waals surface area contributed by atoms with Crippen molar-refractivity contribution in [3.05, 3.63) is 23.8 Å². The molecule has 0 heterocycles. The summed E-state index contributed by atoms with van der Waals surface area (Å²) in [5, 5.41) is 3.46. The average Bonchev–Trinajstić information content (AvgIpc) is 2.44. The van der Waals surface area contributed by atoms with Crippen LogP contribution in [0.25, 0.3) is 0 Å². The number of ether oxygens (including phenoxy) is 2. The van der Waals surface area contributed by atoms with Gasteiger partial charge in [0.2, 0.25) is 0 Å². The van der Waals surface area contributed by atoms with Gasteiger partial charge in [0.05, 0.1) is 14.2 Å². The Balaban J connectivity index is 2.79. The number of benzene rings is 1. The smallest absolute Gasteiger partial charge is 0.160 e. The van der Waals surface area contributed by atoms with Crippen molar-refractivity contribution in [2.45, 2.75) is 32.7 Å². The predicted molar refractivity (Wildman–Crippen MR) is 78.8 cm³/mol. The molecule has 0 aliphatic carbocycles. The van der Waals surface area contributed by atoms with E-state index >= 15 is 0 Å². The van der Waals surface area contributed by atoms with Gasteiger partial charge in [0.25, 0.3) is 0 Å². The van der Waals surface area contributed by atoms with Crippen LogP contribution in [-0.2, 0) is 6.42 Å². The lowest BCUT2D eigenvalue weighted by atomic mass is 10.0. The highest BCUT2D eigenvalue weighted by atomic mass is 16.5. The molecule has 0 spiro atoms. The molecule has 0 aliphatic heterocycles. The van der Waals surface area contributed by atoms with Crippen LogP contribution >= 0.6 is 0 Å². The van der Waals surface area contributed by atoms with Gasteiger partial charge in [-0.1, -0.05) is 13.0 Å². The third kappa shape index (κ3) is 4.84. The van der Waals surface area contributed by atoms with E-state index in [2.05, 4.69) is 30.1 Å². The van der Waals surface area contributed by atoms with Gasteiger partial charge in [-0.25, -0.2) is 0 Å². The molecule has 1 aromatic carbocycles. The second-order valence-corrected chi connectivity index (χ2v) is 4.28. The predicted octanol–water partition coefficient (Wildman–Crippen LogP) is 2.64. The van der Waals surface area contributed by atoms with E-state index in [1.807, 2.05) is 19.1 Å². The standard InChI is InChI=1S/C16H23NO2/c1-5-7-8-14(17-6-2)11-13-9-10-15(18-3)16(12-13)19-4/h9-10,12,14,17H,6,8,11H2,1-4H3. The van der Waals surface area contributed by atoms with E-state index in [9.17, 15) is 0 Å². The summed E-state index contributed by atoms with van der Waals surface area (Å²) >= 11 is 0. The molecule has 3 nitrogen and oxygen atoms in total. The molecule has 1 rings (SSSR count). The van der Waals surface area contributed by atoms with E-state index in [4.69, 9.17) is 9.47 Å². The fourth-order valence-electron chi connectivity index (χ4n) is 2.02. The molecule has 1 unspecified atom stereocenters. The largest absolute Gasteiger partial charge is 0.493 e. The summed E-state index contributed by atoms with van der Waals surface area (Å²) in [5.74, 6) is 7.62. The summed E-state index contributed by atoms with van der Waals surface area (Å²) in [4.78, 5) is 0. The Kier molecular flexibility index (Phi) is 6.84. The van der Waals surface area contributed by atoms with Crippen molar-refractivity contribution in [3.63, 3.8) is 0 Å². The number of rotatable bonds is 7. The second kappa shape index (κ2) is 8.44. The summed E-state index contributed by atoms with van der Waals surface area (Å²) in [6.45, 7) is 4.93. The molecular weight excluding hydrogens is 238 g/mol. The van der Waals surface area contributed by atoms with Crippen LogP contribution in [0.5, 0.6) is 11.5 Å². The Morgan fingerprint density at radius 2 is 1.95 bits per heavy atom. The summed E-state index contributed by atoms with van der Waals surface area (Å²) in [6.07, 6.45) is 1.79. The highest BCUT2D eigenvalue weighted by Gasteiger charge is 2.10. The summed E-state index contributed by atoms with van der Waals surface area (Å²) in [5.41, 5.74) is 1.22. The van der Waals surface area contributed by atoms with Crippen LogP contribution in [0.1, 0.15) is 25.8 Å². The van der Waals surface area contributed by atoms with Crippen LogP contribution in [0.15, 0.2) is 18.2 Å². The minimum absolute atomic E-state index is 0.371. The number of hydrogen-bond donors (Lipinski definition) is 1. The fourth-order valence-corrected chi connectivity index (χ4v) is 2.02. The number of methoxy groups -OCH3 is 2. The molecule has 0 fully saturated rings. The highest BCUT2D eigenvalue weighted by molar-refractivity contribution is 5.43. The van der Waals surface area contributed by atoms with E-state index < -0.39 is 0 Å². The van der Waals surface area contributed by atoms with Crippen LogP contribution in [-0.4, -0.2) is 26.8 Å².